The number of hydrogen-bond acceptors (Lipinski definition) is 3. The number of carbonyl (C=O) groups excluding carboxylic acids is 1. The second-order valence-corrected chi connectivity index (χ2v) is 2.22. The molecule has 4 heteroatoms. The van der Waals surface area contributed by atoms with Crippen LogP contribution < -0.4 is 0 Å². The lowest BCUT2D eigenvalue weighted by molar-refractivity contribution is 0.111. The smallest absolute Gasteiger partial charge is 0.153 e. The number of aryl methyl sites for hydroxylation is 1. The third-order valence-corrected chi connectivity index (χ3v) is 1.50. The van der Waals surface area contributed by atoms with E-state index in [0.29, 0.717) is 12.2 Å². The van der Waals surface area contributed by atoms with Gasteiger partial charge in [-0.05, 0) is 0 Å². The Bertz CT molecular complexity index is 255. The number of aldehydes is 1. The Balaban J connectivity index is 2.97. The molecule has 0 spiro atoms. The van der Waals surface area contributed by atoms with Gasteiger partial charge in [-0.1, -0.05) is 0 Å². The SMILES string of the molecule is COCc1c(C=O)cnn1C. The molecule has 0 aliphatic carbocycles. The Hall–Kier alpha value is -1.16. The highest BCUT2D eigenvalue weighted by atomic mass is 16.5. The van der Waals surface area contributed by atoms with Gasteiger partial charge in [-0.2, -0.15) is 5.10 Å². The average molecular weight is 154 g/mol. The van der Waals surface area contributed by atoms with Crippen LogP contribution in [0.4, 0.5) is 0 Å². The number of carbonyl (C=O) groups is 1. The van der Waals surface area contributed by atoms with Gasteiger partial charge >= 0.3 is 0 Å². The van der Waals surface area contributed by atoms with Gasteiger partial charge in [0.15, 0.2) is 6.29 Å². The number of rotatable bonds is 3. The van der Waals surface area contributed by atoms with Gasteiger partial charge in [0.05, 0.1) is 24.1 Å². The zero-order valence-electron chi connectivity index (χ0n) is 6.57. The molecule has 0 bridgehead atoms. The molecule has 0 fully saturated rings. The molecule has 60 valence electrons. The molecule has 1 rings (SSSR count). The summed E-state index contributed by atoms with van der Waals surface area (Å²) in [4.78, 5) is 10.4. The molecule has 0 atom stereocenters. The van der Waals surface area contributed by atoms with Crippen molar-refractivity contribution in [2.24, 2.45) is 7.05 Å². The zero-order chi connectivity index (χ0) is 8.27. The summed E-state index contributed by atoms with van der Waals surface area (Å²) in [7, 11) is 3.36. The first-order chi connectivity index (χ1) is 5.29. The van der Waals surface area contributed by atoms with Crippen molar-refractivity contribution in [2.45, 2.75) is 6.61 Å². The molecule has 0 aliphatic rings. The predicted molar refractivity (Wildman–Crippen MR) is 39.3 cm³/mol. The number of methoxy groups -OCH3 is 1. The Morgan fingerprint density at radius 3 is 3.09 bits per heavy atom. The van der Waals surface area contributed by atoms with Crippen molar-refractivity contribution in [3.05, 3.63) is 17.5 Å². The molecule has 0 unspecified atom stereocenters. The van der Waals surface area contributed by atoms with Crippen LogP contribution in [-0.2, 0) is 18.4 Å². The monoisotopic (exact) mass is 154 g/mol. The minimum absolute atomic E-state index is 0.421. The summed E-state index contributed by atoms with van der Waals surface area (Å²) in [5.74, 6) is 0. The van der Waals surface area contributed by atoms with E-state index < -0.39 is 0 Å². The second kappa shape index (κ2) is 3.30. The summed E-state index contributed by atoms with van der Waals surface area (Å²) in [6.45, 7) is 0.421. The van der Waals surface area contributed by atoms with Gasteiger partial charge in [0.25, 0.3) is 0 Å². The summed E-state index contributed by atoms with van der Waals surface area (Å²) >= 11 is 0. The molecule has 0 radical (unpaired) electrons. The van der Waals surface area contributed by atoms with E-state index in [1.54, 1.807) is 18.8 Å². The van der Waals surface area contributed by atoms with Crippen LogP contribution in [-0.4, -0.2) is 23.2 Å². The van der Waals surface area contributed by atoms with Gasteiger partial charge < -0.3 is 4.74 Å². The molecule has 11 heavy (non-hydrogen) atoms. The molecule has 0 N–H and O–H groups in total. The van der Waals surface area contributed by atoms with Crippen molar-refractivity contribution in [3.63, 3.8) is 0 Å². The standard InChI is InChI=1S/C7H10N2O2/c1-9-7(5-11-2)6(4-10)3-8-9/h3-4H,5H2,1-2H3. The van der Waals surface area contributed by atoms with E-state index in [9.17, 15) is 4.79 Å². The molecule has 1 heterocycles. The summed E-state index contributed by atoms with van der Waals surface area (Å²) in [6.07, 6.45) is 2.31. The molecular formula is C7H10N2O2. The maximum Gasteiger partial charge on any atom is 0.153 e. The first-order valence-corrected chi connectivity index (χ1v) is 3.24. The minimum atomic E-state index is 0.421. The number of nitrogens with zero attached hydrogens (tertiary/aromatic N) is 2. The van der Waals surface area contributed by atoms with Gasteiger partial charge in [0.1, 0.15) is 0 Å². The molecule has 1 aromatic rings. The van der Waals surface area contributed by atoms with Gasteiger partial charge in [-0.15, -0.1) is 0 Å². The van der Waals surface area contributed by atoms with Crippen LogP contribution >= 0.6 is 0 Å². The van der Waals surface area contributed by atoms with Gasteiger partial charge in [0.2, 0.25) is 0 Å². The van der Waals surface area contributed by atoms with Crippen molar-refractivity contribution in [1.29, 1.82) is 0 Å². The van der Waals surface area contributed by atoms with E-state index >= 15 is 0 Å². The highest BCUT2D eigenvalue weighted by Crippen LogP contribution is 2.04. The zero-order valence-corrected chi connectivity index (χ0v) is 6.57. The van der Waals surface area contributed by atoms with E-state index in [4.69, 9.17) is 4.74 Å². The molecule has 0 amide bonds. The van der Waals surface area contributed by atoms with Crippen molar-refractivity contribution < 1.29 is 9.53 Å². The lowest BCUT2D eigenvalue weighted by Crippen LogP contribution is -2.01. The number of hydrogen-bond donors (Lipinski definition) is 0. The Morgan fingerprint density at radius 2 is 2.55 bits per heavy atom. The van der Waals surface area contributed by atoms with E-state index in [2.05, 4.69) is 5.10 Å². The van der Waals surface area contributed by atoms with Crippen molar-refractivity contribution >= 4 is 6.29 Å². The Labute approximate surface area is 64.8 Å². The summed E-state index contributed by atoms with van der Waals surface area (Å²) in [5.41, 5.74) is 1.40. The molecule has 0 saturated carbocycles. The van der Waals surface area contributed by atoms with Crippen molar-refractivity contribution in [1.82, 2.24) is 9.78 Å². The normalized spacial score (nSPS) is 10.0. The summed E-state index contributed by atoms with van der Waals surface area (Å²) < 4.78 is 6.52. The average Bonchev–Trinajstić information content (AvgIpc) is 2.34. The van der Waals surface area contributed by atoms with E-state index in [0.717, 1.165) is 12.0 Å². The molecular weight excluding hydrogens is 144 g/mol. The Kier molecular flexibility index (Phi) is 2.38. The van der Waals surface area contributed by atoms with Crippen LogP contribution in [0.5, 0.6) is 0 Å². The fraction of sp³-hybridized carbons (Fsp3) is 0.429. The highest BCUT2D eigenvalue weighted by molar-refractivity contribution is 5.75. The molecule has 4 nitrogen and oxygen atoms in total. The maximum absolute atomic E-state index is 10.4. The number of aromatic nitrogens is 2. The first-order valence-electron chi connectivity index (χ1n) is 3.24. The van der Waals surface area contributed by atoms with Crippen LogP contribution in [0.2, 0.25) is 0 Å². The molecule has 1 aromatic heterocycles. The minimum Gasteiger partial charge on any atom is -0.378 e. The van der Waals surface area contributed by atoms with E-state index in [-0.39, 0.29) is 0 Å². The topological polar surface area (TPSA) is 44.1 Å². The van der Waals surface area contributed by atoms with Crippen LogP contribution in [0, 0.1) is 0 Å². The summed E-state index contributed by atoms with van der Waals surface area (Å²) in [5, 5.41) is 3.91. The molecule has 0 aliphatic heterocycles. The van der Waals surface area contributed by atoms with Gasteiger partial charge in [0, 0.05) is 14.2 Å². The predicted octanol–water partition coefficient (Wildman–Crippen LogP) is 0.379. The molecule has 0 aromatic carbocycles. The third-order valence-electron chi connectivity index (χ3n) is 1.50. The quantitative estimate of drug-likeness (QED) is 0.591. The fourth-order valence-electron chi connectivity index (χ4n) is 0.892. The van der Waals surface area contributed by atoms with Crippen LogP contribution in [0.1, 0.15) is 16.1 Å². The largest absolute Gasteiger partial charge is 0.378 e. The number of ether oxygens (including phenoxy) is 1. The first kappa shape index (κ1) is 7.94. The third kappa shape index (κ3) is 1.46. The van der Waals surface area contributed by atoms with Crippen LogP contribution in [0.15, 0.2) is 6.20 Å². The summed E-state index contributed by atoms with van der Waals surface area (Å²) in [6, 6.07) is 0. The Morgan fingerprint density at radius 1 is 1.82 bits per heavy atom. The fourth-order valence-corrected chi connectivity index (χ4v) is 0.892. The van der Waals surface area contributed by atoms with Gasteiger partial charge in [-0.25, -0.2) is 0 Å². The lowest BCUT2D eigenvalue weighted by Gasteiger charge is -1.99. The van der Waals surface area contributed by atoms with E-state index in [1.165, 1.54) is 6.20 Å². The van der Waals surface area contributed by atoms with Crippen LogP contribution in [0.25, 0.3) is 0 Å². The second-order valence-electron chi connectivity index (χ2n) is 2.22. The maximum atomic E-state index is 10.4. The van der Waals surface area contributed by atoms with Crippen molar-refractivity contribution in [2.75, 3.05) is 7.11 Å². The van der Waals surface area contributed by atoms with Crippen molar-refractivity contribution in [3.8, 4) is 0 Å². The van der Waals surface area contributed by atoms with Gasteiger partial charge in [-0.3, -0.25) is 9.48 Å². The lowest BCUT2D eigenvalue weighted by atomic mass is 10.3. The van der Waals surface area contributed by atoms with Crippen LogP contribution in [0.3, 0.4) is 0 Å². The highest BCUT2D eigenvalue weighted by Gasteiger charge is 2.05. The molecule has 0 saturated heterocycles. The van der Waals surface area contributed by atoms with E-state index in [1.807, 2.05) is 0 Å².